The highest BCUT2D eigenvalue weighted by Crippen LogP contribution is 2.29. The number of aryl methyl sites for hydroxylation is 2. The number of carbonyl (C=O) groups is 1. The number of amides is 2. The van der Waals surface area contributed by atoms with Crippen molar-refractivity contribution >= 4 is 11.8 Å². The molecular formula is C16H21N5O3. The number of carbonyl (C=O) groups excluding carboxylic acids is 1. The number of rotatable bonds is 4. The summed E-state index contributed by atoms with van der Waals surface area (Å²) in [4.78, 5) is 20.8. The van der Waals surface area contributed by atoms with E-state index in [0.29, 0.717) is 30.7 Å². The topological polar surface area (TPSA) is 102 Å². The van der Waals surface area contributed by atoms with Crippen LogP contribution in [0.2, 0.25) is 0 Å². The van der Waals surface area contributed by atoms with Gasteiger partial charge in [0.15, 0.2) is 5.82 Å². The summed E-state index contributed by atoms with van der Waals surface area (Å²) in [6.07, 6.45) is 3.36. The molecule has 8 nitrogen and oxygen atoms in total. The molecule has 8 heteroatoms. The Bertz CT molecular complexity index is 679. The Balaban J connectivity index is 1.70. The van der Waals surface area contributed by atoms with Gasteiger partial charge < -0.3 is 14.6 Å². The number of hydrogen-bond acceptors (Lipinski definition) is 6. The molecule has 1 aliphatic rings. The minimum absolute atomic E-state index is 0.190. The fourth-order valence-electron chi connectivity index (χ4n) is 2.71. The minimum Gasteiger partial charge on any atom is -0.381 e. The molecule has 128 valence electrons. The van der Waals surface area contributed by atoms with Gasteiger partial charge in [-0.1, -0.05) is 11.2 Å². The van der Waals surface area contributed by atoms with Crippen molar-refractivity contribution in [1.82, 2.24) is 20.4 Å². The molecule has 1 unspecified atom stereocenters. The van der Waals surface area contributed by atoms with Gasteiger partial charge in [0.25, 0.3) is 0 Å². The van der Waals surface area contributed by atoms with Gasteiger partial charge in [-0.05, 0) is 44.2 Å². The summed E-state index contributed by atoms with van der Waals surface area (Å²) in [6, 6.07) is 2.95. The Morgan fingerprint density at radius 3 is 2.71 bits per heavy atom. The van der Waals surface area contributed by atoms with E-state index in [9.17, 15) is 4.79 Å². The number of anilines is 1. The number of nitrogens with one attached hydrogen (secondary N) is 2. The maximum atomic E-state index is 12.3. The van der Waals surface area contributed by atoms with Crippen molar-refractivity contribution < 1.29 is 14.1 Å². The van der Waals surface area contributed by atoms with Crippen molar-refractivity contribution in [2.45, 2.75) is 32.7 Å². The summed E-state index contributed by atoms with van der Waals surface area (Å²) in [5.41, 5.74) is 1.03. The minimum atomic E-state index is -0.348. The van der Waals surface area contributed by atoms with Gasteiger partial charge >= 0.3 is 6.03 Å². The Hall–Kier alpha value is -2.48. The maximum Gasteiger partial charge on any atom is 0.321 e. The number of aromatic nitrogens is 3. The molecule has 0 aromatic carbocycles. The smallest absolute Gasteiger partial charge is 0.321 e. The normalized spacial score (nSPS) is 16.6. The zero-order valence-corrected chi connectivity index (χ0v) is 13.8. The van der Waals surface area contributed by atoms with E-state index in [0.717, 1.165) is 18.4 Å². The second-order valence-electron chi connectivity index (χ2n) is 5.93. The van der Waals surface area contributed by atoms with Gasteiger partial charge in [0.05, 0.1) is 0 Å². The Labute approximate surface area is 140 Å². The van der Waals surface area contributed by atoms with E-state index in [1.807, 2.05) is 13.0 Å². The predicted molar refractivity (Wildman–Crippen MR) is 86.4 cm³/mol. The van der Waals surface area contributed by atoms with Gasteiger partial charge in [-0.2, -0.15) is 4.98 Å². The maximum absolute atomic E-state index is 12.3. The summed E-state index contributed by atoms with van der Waals surface area (Å²) < 4.78 is 10.7. The van der Waals surface area contributed by atoms with E-state index in [1.165, 1.54) is 0 Å². The molecule has 1 atom stereocenters. The monoisotopic (exact) mass is 331 g/mol. The van der Waals surface area contributed by atoms with E-state index >= 15 is 0 Å². The molecule has 1 fully saturated rings. The lowest BCUT2D eigenvalue weighted by Gasteiger charge is -2.28. The van der Waals surface area contributed by atoms with Crippen LogP contribution < -0.4 is 10.6 Å². The fraction of sp³-hybridized carbons (Fsp3) is 0.500. The van der Waals surface area contributed by atoms with Gasteiger partial charge in [-0.3, -0.25) is 5.32 Å². The molecule has 2 aromatic rings. The van der Waals surface area contributed by atoms with Crippen LogP contribution in [0, 0.1) is 19.8 Å². The largest absolute Gasteiger partial charge is 0.381 e. The molecule has 1 aliphatic heterocycles. The van der Waals surface area contributed by atoms with Gasteiger partial charge in [0.1, 0.15) is 11.9 Å². The van der Waals surface area contributed by atoms with Crippen LogP contribution in [-0.2, 0) is 4.74 Å². The summed E-state index contributed by atoms with van der Waals surface area (Å²) in [7, 11) is 0. The standard InChI is InChI=1S/C16H21N5O3/c1-10-3-4-13(17-9-10)19-16(22)20-14(12-5-7-23-8-6-12)15-18-11(2)21-24-15/h3-4,9,12,14H,5-8H2,1-2H3,(H2,17,19,20,22). The Morgan fingerprint density at radius 1 is 1.29 bits per heavy atom. The quantitative estimate of drug-likeness (QED) is 0.892. The van der Waals surface area contributed by atoms with Crippen LogP contribution in [0.25, 0.3) is 0 Å². The Morgan fingerprint density at radius 2 is 2.08 bits per heavy atom. The molecule has 2 N–H and O–H groups in total. The third kappa shape index (κ3) is 4.08. The van der Waals surface area contributed by atoms with Crippen molar-refractivity contribution in [3.63, 3.8) is 0 Å². The zero-order chi connectivity index (χ0) is 16.9. The first-order chi connectivity index (χ1) is 11.6. The van der Waals surface area contributed by atoms with E-state index in [-0.39, 0.29) is 18.0 Å². The highest BCUT2D eigenvalue weighted by Gasteiger charge is 2.31. The van der Waals surface area contributed by atoms with Gasteiger partial charge in [0, 0.05) is 19.4 Å². The molecule has 2 aromatic heterocycles. The summed E-state index contributed by atoms with van der Waals surface area (Å²) in [6.45, 7) is 5.02. The fourth-order valence-corrected chi connectivity index (χ4v) is 2.71. The lowest BCUT2D eigenvalue weighted by atomic mass is 9.91. The van der Waals surface area contributed by atoms with Gasteiger partial charge in [0.2, 0.25) is 5.89 Å². The summed E-state index contributed by atoms with van der Waals surface area (Å²) in [5, 5.41) is 9.50. The third-order valence-corrected chi connectivity index (χ3v) is 3.99. The average molecular weight is 331 g/mol. The predicted octanol–water partition coefficient (Wildman–Crippen LogP) is 2.37. The highest BCUT2D eigenvalue weighted by atomic mass is 16.5. The van der Waals surface area contributed by atoms with Crippen LogP contribution in [-0.4, -0.2) is 34.4 Å². The molecule has 0 aliphatic carbocycles. The van der Waals surface area contributed by atoms with Crippen molar-refractivity contribution in [2.75, 3.05) is 18.5 Å². The van der Waals surface area contributed by atoms with E-state index in [2.05, 4.69) is 25.8 Å². The van der Waals surface area contributed by atoms with E-state index in [1.54, 1.807) is 19.2 Å². The van der Waals surface area contributed by atoms with Gasteiger partial charge in [-0.15, -0.1) is 0 Å². The van der Waals surface area contributed by atoms with Crippen LogP contribution >= 0.6 is 0 Å². The lowest BCUT2D eigenvalue weighted by Crippen LogP contribution is -2.38. The van der Waals surface area contributed by atoms with Crippen LogP contribution in [0.4, 0.5) is 10.6 Å². The van der Waals surface area contributed by atoms with Crippen molar-refractivity contribution in [3.8, 4) is 0 Å². The Kier molecular flexibility index (Phi) is 5.05. The van der Waals surface area contributed by atoms with Crippen molar-refractivity contribution in [3.05, 3.63) is 35.6 Å². The first kappa shape index (κ1) is 16.4. The third-order valence-electron chi connectivity index (χ3n) is 3.99. The van der Waals surface area contributed by atoms with Crippen LogP contribution in [0.15, 0.2) is 22.9 Å². The zero-order valence-electron chi connectivity index (χ0n) is 13.8. The second-order valence-corrected chi connectivity index (χ2v) is 5.93. The van der Waals surface area contributed by atoms with Crippen LogP contribution in [0.1, 0.15) is 36.2 Å². The molecular weight excluding hydrogens is 310 g/mol. The van der Waals surface area contributed by atoms with E-state index < -0.39 is 0 Å². The van der Waals surface area contributed by atoms with Gasteiger partial charge in [-0.25, -0.2) is 9.78 Å². The second kappa shape index (κ2) is 7.39. The molecule has 0 bridgehead atoms. The van der Waals surface area contributed by atoms with Crippen LogP contribution in [0.5, 0.6) is 0 Å². The van der Waals surface area contributed by atoms with Crippen LogP contribution in [0.3, 0.4) is 0 Å². The number of hydrogen-bond donors (Lipinski definition) is 2. The average Bonchev–Trinajstić information content (AvgIpc) is 3.02. The first-order valence-corrected chi connectivity index (χ1v) is 8.00. The molecule has 3 heterocycles. The molecule has 1 saturated heterocycles. The summed E-state index contributed by atoms with van der Waals surface area (Å²) in [5.74, 6) is 1.65. The molecule has 2 amide bonds. The van der Waals surface area contributed by atoms with Crippen molar-refractivity contribution in [1.29, 1.82) is 0 Å². The number of ether oxygens (including phenoxy) is 1. The first-order valence-electron chi connectivity index (χ1n) is 8.00. The lowest BCUT2D eigenvalue weighted by molar-refractivity contribution is 0.0506. The molecule has 24 heavy (non-hydrogen) atoms. The number of pyridine rings is 1. The molecule has 3 rings (SSSR count). The number of urea groups is 1. The van der Waals surface area contributed by atoms with E-state index in [4.69, 9.17) is 9.26 Å². The molecule has 0 spiro atoms. The molecule has 0 saturated carbocycles. The van der Waals surface area contributed by atoms with Crippen molar-refractivity contribution in [2.24, 2.45) is 5.92 Å². The summed E-state index contributed by atoms with van der Waals surface area (Å²) >= 11 is 0. The SMILES string of the molecule is Cc1ccc(NC(=O)NC(c2nc(C)no2)C2CCOCC2)nc1. The highest BCUT2D eigenvalue weighted by molar-refractivity contribution is 5.88. The molecule has 0 radical (unpaired) electrons. The number of nitrogens with zero attached hydrogens (tertiary/aromatic N) is 3.